The summed E-state index contributed by atoms with van der Waals surface area (Å²) in [5.41, 5.74) is 22.1. The average Bonchev–Trinajstić information content (AvgIpc) is 3.56. The Morgan fingerprint density at radius 3 is 1.24 bits per heavy atom. The van der Waals surface area contributed by atoms with E-state index in [0.29, 0.717) is 0 Å². The smallest absolute Gasteiger partial charge is 0.0502 e. The molecule has 0 unspecified atom stereocenters. The van der Waals surface area contributed by atoms with Gasteiger partial charge in [-0.25, -0.2) is 0 Å². The van der Waals surface area contributed by atoms with Crippen LogP contribution in [-0.4, -0.2) is 0 Å². The molecule has 372 valence electrons. The molecule has 0 atom stereocenters. The van der Waals surface area contributed by atoms with Crippen LogP contribution in [0.25, 0.3) is 87.6 Å². The molecule has 2 nitrogen and oxygen atoms in total. The summed E-state index contributed by atoms with van der Waals surface area (Å²) in [5.74, 6) is 0. The fourth-order valence-electron chi connectivity index (χ4n) is 14.1. The molecule has 0 N–H and O–H groups in total. The van der Waals surface area contributed by atoms with Crippen LogP contribution in [0.2, 0.25) is 0 Å². The Balaban J connectivity index is 1.10. The van der Waals surface area contributed by atoms with Crippen molar-refractivity contribution in [3.8, 4) is 44.5 Å². The fourth-order valence-corrected chi connectivity index (χ4v) is 14.1. The standard InChI is InChI=1S/C76H58N2/c1-75(2)65-35-13-17-39-69(65)77(70-40-18-14-36-66(70)75)51-43-45-61-63(47-51)73(59-31-11-9-29-57(59)55-33-21-25-49-23-5-7-27-53(49)55)62-46-44-52(78-71-41-19-15-37-67(71)76(3,4)68-38-16-20-42-72(68)78)48-64(62)74(61)60-32-12-10-30-58(60)56-34-22-26-50-24-6-8-28-54(50)56/h5-15,17-37,39-48H,16,38H2,1-4H3. The number of anilines is 5. The van der Waals surface area contributed by atoms with Crippen molar-refractivity contribution in [1.29, 1.82) is 0 Å². The van der Waals surface area contributed by atoms with Crippen molar-refractivity contribution < 1.29 is 0 Å². The predicted molar refractivity (Wildman–Crippen MR) is 332 cm³/mol. The monoisotopic (exact) mass is 998 g/mol. The highest BCUT2D eigenvalue weighted by Gasteiger charge is 2.40. The van der Waals surface area contributed by atoms with E-state index in [-0.39, 0.29) is 10.8 Å². The van der Waals surface area contributed by atoms with Gasteiger partial charge in [-0.1, -0.05) is 234 Å². The number of hydrogen-bond acceptors (Lipinski definition) is 2. The van der Waals surface area contributed by atoms with E-state index in [0.717, 1.165) is 24.2 Å². The van der Waals surface area contributed by atoms with E-state index in [1.807, 2.05) is 0 Å². The van der Waals surface area contributed by atoms with Gasteiger partial charge in [0.15, 0.2) is 0 Å². The van der Waals surface area contributed by atoms with Crippen molar-refractivity contribution in [2.45, 2.75) is 51.4 Å². The molecule has 0 aromatic heterocycles. The Kier molecular flexibility index (Phi) is 10.4. The molecular formula is C76H58N2. The molecule has 2 heteroatoms. The number of para-hydroxylation sites is 3. The minimum atomic E-state index is -0.190. The van der Waals surface area contributed by atoms with Crippen LogP contribution in [0.5, 0.6) is 0 Å². The molecule has 2 aliphatic heterocycles. The van der Waals surface area contributed by atoms with E-state index in [4.69, 9.17) is 0 Å². The van der Waals surface area contributed by atoms with E-state index in [1.165, 1.54) is 133 Å². The third kappa shape index (κ3) is 6.89. The Bertz CT molecular complexity index is 4470. The summed E-state index contributed by atoms with van der Waals surface area (Å²) in [7, 11) is 0. The van der Waals surface area contributed by atoms with Crippen LogP contribution >= 0.6 is 0 Å². The quantitative estimate of drug-likeness (QED) is 0.153. The topological polar surface area (TPSA) is 6.48 Å². The first-order valence-electron chi connectivity index (χ1n) is 27.7. The van der Waals surface area contributed by atoms with Crippen LogP contribution in [-0.2, 0) is 10.8 Å². The van der Waals surface area contributed by atoms with Gasteiger partial charge in [0.25, 0.3) is 0 Å². The van der Waals surface area contributed by atoms with Gasteiger partial charge < -0.3 is 9.80 Å². The van der Waals surface area contributed by atoms with Crippen LogP contribution in [0.3, 0.4) is 0 Å². The molecule has 0 bridgehead atoms. The van der Waals surface area contributed by atoms with Crippen LogP contribution in [0.4, 0.5) is 28.4 Å². The molecule has 0 saturated carbocycles. The van der Waals surface area contributed by atoms with E-state index in [9.17, 15) is 0 Å². The second kappa shape index (κ2) is 17.7. The van der Waals surface area contributed by atoms with Crippen molar-refractivity contribution in [1.82, 2.24) is 0 Å². The number of benzene rings is 12. The highest BCUT2D eigenvalue weighted by Crippen LogP contribution is 2.56. The lowest BCUT2D eigenvalue weighted by Crippen LogP contribution is -2.34. The number of rotatable bonds is 6. The minimum Gasteiger partial charge on any atom is -0.310 e. The van der Waals surface area contributed by atoms with Gasteiger partial charge in [0.2, 0.25) is 0 Å². The van der Waals surface area contributed by atoms with Gasteiger partial charge in [0, 0.05) is 27.9 Å². The molecule has 2 heterocycles. The summed E-state index contributed by atoms with van der Waals surface area (Å²) in [6.45, 7) is 9.58. The first kappa shape index (κ1) is 46.1. The molecule has 78 heavy (non-hydrogen) atoms. The molecule has 1 aliphatic carbocycles. The molecule has 0 saturated heterocycles. The lowest BCUT2D eigenvalue weighted by atomic mass is 9.70. The molecule has 3 aliphatic rings. The number of nitrogens with zero attached hydrogens (tertiary/aromatic N) is 2. The fraction of sp³-hybridized carbons (Fsp3) is 0.105. The first-order valence-corrected chi connectivity index (χ1v) is 27.7. The van der Waals surface area contributed by atoms with Gasteiger partial charge in [-0.2, -0.15) is 0 Å². The lowest BCUT2D eigenvalue weighted by molar-refractivity contribution is 0.571. The third-order valence-electron chi connectivity index (χ3n) is 17.7. The second-order valence-electron chi connectivity index (χ2n) is 22.6. The maximum absolute atomic E-state index is 2.56. The summed E-state index contributed by atoms with van der Waals surface area (Å²) in [4.78, 5) is 5.08. The van der Waals surface area contributed by atoms with Gasteiger partial charge in [-0.15, -0.1) is 0 Å². The summed E-state index contributed by atoms with van der Waals surface area (Å²) < 4.78 is 0. The molecule has 0 fully saturated rings. The third-order valence-corrected chi connectivity index (χ3v) is 17.7. The minimum absolute atomic E-state index is 0.107. The SMILES string of the molecule is CC1(C)C2=C(C=CCC2)N(c2ccc3c(-c4ccccc4-c4cccc5ccccc45)c4cc(N5c6ccccc6C(C)(C)c6ccccc65)ccc4c(-c4ccccc4-c4cccc5ccccc45)c3c2)c2ccccc21. The number of allylic oxidation sites excluding steroid dienone is 3. The highest BCUT2D eigenvalue weighted by molar-refractivity contribution is 6.25. The van der Waals surface area contributed by atoms with Crippen LogP contribution in [0, 0.1) is 0 Å². The number of fused-ring (bicyclic) bond motifs is 7. The normalized spacial score (nSPS) is 15.1. The zero-order valence-electron chi connectivity index (χ0n) is 44.6. The van der Waals surface area contributed by atoms with E-state index in [2.05, 4.69) is 292 Å². The molecule has 15 rings (SSSR count). The van der Waals surface area contributed by atoms with Crippen LogP contribution < -0.4 is 9.80 Å². The first-order chi connectivity index (χ1) is 38.3. The molecule has 0 radical (unpaired) electrons. The van der Waals surface area contributed by atoms with E-state index in [1.54, 1.807) is 0 Å². The van der Waals surface area contributed by atoms with Crippen molar-refractivity contribution >= 4 is 71.5 Å². The van der Waals surface area contributed by atoms with Crippen molar-refractivity contribution in [3.05, 3.63) is 283 Å². The van der Waals surface area contributed by atoms with Crippen molar-refractivity contribution in [2.75, 3.05) is 9.80 Å². The Labute approximate surface area is 457 Å². The van der Waals surface area contributed by atoms with Gasteiger partial charge in [0.1, 0.15) is 0 Å². The maximum atomic E-state index is 2.56. The maximum Gasteiger partial charge on any atom is 0.0502 e. The molecule has 0 amide bonds. The molecular weight excluding hydrogens is 941 g/mol. The average molecular weight is 999 g/mol. The van der Waals surface area contributed by atoms with Gasteiger partial charge >= 0.3 is 0 Å². The zero-order chi connectivity index (χ0) is 52.3. The van der Waals surface area contributed by atoms with Crippen molar-refractivity contribution in [3.63, 3.8) is 0 Å². The van der Waals surface area contributed by atoms with E-state index >= 15 is 0 Å². The van der Waals surface area contributed by atoms with Crippen molar-refractivity contribution in [2.24, 2.45) is 0 Å². The summed E-state index contributed by atoms with van der Waals surface area (Å²) in [6.07, 6.45) is 6.84. The summed E-state index contributed by atoms with van der Waals surface area (Å²) in [5, 5.41) is 9.77. The van der Waals surface area contributed by atoms with Crippen LogP contribution in [0.15, 0.2) is 266 Å². The lowest BCUT2D eigenvalue weighted by Gasteiger charge is -2.44. The Morgan fingerprint density at radius 2 is 0.718 bits per heavy atom. The highest BCUT2D eigenvalue weighted by atomic mass is 15.2. The Morgan fingerprint density at radius 1 is 0.321 bits per heavy atom. The number of hydrogen-bond donors (Lipinski definition) is 0. The van der Waals surface area contributed by atoms with E-state index < -0.39 is 0 Å². The summed E-state index contributed by atoms with van der Waals surface area (Å²) >= 11 is 0. The Hall–Kier alpha value is -9.24. The molecule has 0 spiro atoms. The summed E-state index contributed by atoms with van der Waals surface area (Å²) in [6, 6.07) is 91.4. The molecule has 12 aromatic rings. The van der Waals surface area contributed by atoms with Gasteiger partial charge in [-0.05, 0) is 171 Å². The second-order valence-corrected chi connectivity index (χ2v) is 22.6. The van der Waals surface area contributed by atoms with Gasteiger partial charge in [0.05, 0.1) is 17.1 Å². The molecule has 12 aromatic carbocycles. The predicted octanol–water partition coefficient (Wildman–Crippen LogP) is 21.1. The van der Waals surface area contributed by atoms with Gasteiger partial charge in [-0.3, -0.25) is 0 Å². The zero-order valence-corrected chi connectivity index (χ0v) is 44.6. The largest absolute Gasteiger partial charge is 0.310 e. The van der Waals surface area contributed by atoms with Crippen LogP contribution in [0.1, 0.15) is 57.2 Å².